The number of benzene rings is 2. The summed E-state index contributed by atoms with van der Waals surface area (Å²) in [5.41, 5.74) is 2.77. The maximum absolute atomic E-state index is 12.7. The number of hydrogen-bond donors (Lipinski definition) is 2. The summed E-state index contributed by atoms with van der Waals surface area (Å²) in [7, 11) is 0. The zero-order valence-corrected chi connectivity index (χ0v) is 18.8. The van der Waals surface area contributed by atoms with E-state index in [9.17, 15) is 9.59 Å². The van der Waals surface area contributed by atoms with Crippen molar-refractivity contribution in [2.24, 2.45) is 0 Å². The summed E-state index contributed by atoms with van der Waals surface area (Å²) in [4.78, 5) is 28.3. The highest BCUT2D eigenvalue weighted by Crippen LogP contribution is 2.22. The van der Waals surface area contributed by atoms with Crippen molar-refractivity contribution in [3.63, 3.8) is 0 Å². The largest absolute Gasteiger partial charge is 0.489 e. The van der Waals surface area contributed by atoms with Crippen molar-refractivity contribution in [1.29, 1.82) is 0 Å². The molecule has 2 unspecified atom stereocenters. The van der Waals surface area contributed by atoms with Crippen LogP contribution in [0.1, 0.15) is 49.0 Å². The van der Waals surface area contributed by atoms with Crippen LogP contribution in [-0.2, 0) is 16.2 Å². The first kappa shape index (κ1) is 23.3. The number of carbonyl (C=O) groups is 2. The Labute approximate surface area is 193 Å². The van der Waals surface area contributed by atoms with Gasteiger partial charge in [-0.2, -0.15) is 0 Å². The van der Waals surface area contributed by atoms with Crippen LogP contribution in [0.25, 0.3) is 0 Å². The van der Waals surface area contributed by atoms with Crippen molar-refractivity contribution in [1.82, 2.24) is 15.6 Å². The van der Waals surface area contributed by atoms with Gasteiger partial charge in [-0.05, 0) is 48.4 Å². The summed E-state index contributed by atoms with van der Waals surface area (Å²) in [6.07, 6.45) is 3.62. The molecule has 2 N–H and O–H groups in total. The fourth-order valence-electron chi connectivity index (χ4n) is 3.26. The number of carbonyl (C=O) groups excluding carboxylic acids is 2. The second-order valence-electron chi connectivity index (χ2n) is 7.52. The number of nitrogens with zero attached hydrogens (tertiary/aromatic N) is 1. The molecule has 2 aromatic carbocycles. The Bertz CT molecular complexity index is 1020. The lowest BCUT2D eigenvalue weighted by atomic mass is 10.0. The van der Waals surface area contributed by atoms with Crippen molar-refractivity contribution in [3.05, 3.63) is 94.8 Å². The Morgan fingerprint density at radius 3 is 2.31 bits per heavy atom. The predicted octanol–water partition coefficient (Wildman–Crippen LogP) is 4.76. The lowest BCUT2D eigenvalue weighted by Crippen LogP contribution is -2.33. The average Bonchev–Trinajstić information content (AvgIpc) is 2.78. The zero-order chi connectivity index (χ0) is 22.9. The van der Waals surface area contributed by atoms with Crippen LogP contribution in [0, 0.1) is 0 Å². The fourth-order valence-corrected chi connectivity index (χ4v) is 3.39. The molecule has 3 aromatic rings. The first-order chi connectivity index (χ1) is 15.4. The number of pyridine rings is 1. The molecular formula is C25H26ClN3O3. The number of hydrogen-bond acceptors (Lipinski definition) is 4. The third kappa shape index (κ3) is 7.10. The van der Waals surface area contributed by atoms with Crippen LogP contribution in [0.4, 0.5) is 0 Å². The Morgan fingerprint density at radius 1 is 1.00 bits per heavy atom. The van der Waals surface area contributed by atoms with Crippen LogP contribution in [0.2, 0.25) is 5.02 Å². The summed E-state index contributed by atoms with van der Waals surface area (Å²) in [6.45, 7) is 3.79. The molecule has 7 heteroatoms. The summed E-state index contributed by atoms with van der Waals surface area (Å²) in [6, 6.07) is 17.9. The SMILES string of the molecule is CC(=O)NC(CC(=O)NC(C)c1ccc(OCc2cccnc2)cc1)c1ccc(Cl)cc1. The van der Waals surface area contributed by atoms with Gasteiger partial charge >= 0.3 is 0 Å². The number of aromatic nitrogens is 1. The van der Waals surface area contributed by atoms with Gasteiger partial charge in [0.2, 0.25) is 11.8 Å². The van der Waals surface area contributed by atoms with E-state index < -0.39 is 6.04 Å². The minimum Gasteiger partial charge on any atom is -0.489 e. The number of halogens is 1. The quantitative estimate of drug-likeness (QED) is 0.491. The highest BCUT2D eigenvalue weighted by molar-refractivity contribution is 6.30. The first-order valence-corrected chi connectivity index (χ1v) is 10.7. The van der Waals surface area contributed by atoms with E-state index in [0.29, 0.717) is 11.6 Å². The van der Waals surface area contributed by atoms with Crippen LogP contribution < -0.4 is 15.4 Å². The van der Waals surface area contributed by atoms with Gasteiger partial charge in [-0.3, -0.25) is 14.6 Å². The second kappa shape index (κ2) is 11.3. The van der Waals surface area contributed by atoms with E-state index >= 15 is 0 Å². The van der Waals surface area contributed by atoms with Gasteiger partial charge in [0.25, 0.3) is 0 Å². The summed E-state index contributed by atoms with van der Waals surface area (Å²) in [5, 5.41) is 6.42. The van der Waals surface area contributed by atoms with E-state index in [1.807, 2.05) is 55.5 Å². The summed E-state index contributed by atoms with van der Waals surface area (Å²) in [5.74, 6) is 0.375. The number of amides is 2. The van der Waals surface area contributed by atoms with Gasteiger partial charge in [-0.1, -0.05) is 41.9 Å². The highest BCUT2D eigenvalue weighted by atomic mass is 35.5. The van der Waals surface area contributed by atoms with Crippen LogP contribution in [-0.4, -0.2) is 16.8 Å². The van der Waals surface area contributed by atoms with E-state index in [-0.39, 0.29) is 24.3 Å². The van der Waals surface area contributed by atoms with E-state index in [1.165, 1.54) is 6.92 Å². The predicted molar refractivity (Wildman–Crippen MR) is 124 cm³/mol. The Hall–Kier alpha value is -3.38. The Balaban J connectivity index is 1.56. The molecule has 0 aliphatic carbocycles. The lowest BCUT2D eigenvalue weighted by molar-refractivity contribution is -0.123. The van der Waals surface area contributed by atoms with E-state index in [2.05, 4.69) is 15.6 Å². The molecule has 2 amide bonds. The van der Waals surface area contributed by atoms with Crippen molar-refractivity contribution in [3.8, 4) is 5.75 Å². The fraction of sp³-hybridized carbons (Fsp3) is 0.240. The molecule has 0 bridgehead atoms. The van der Waals surface area contributed by atoms with Gasteiger partial charge in [-0.15, -0.1) is 0 Å². The number of ether oxygens (including phenoxy) is 1. The second-order valence-corrected chi connectivity index (χ2v) is 7.95. The smallest absolute Gasteiger partial charge is 0.222 e. The van der Waals surface area contributed by atoms with Gasteiger partial charge in [0, 0.05) is 29.9 Å². The molecule has 6 nitrogen and oxygen atoms in total. The van der Waals surface area contributed by atoms with Gasteiger partial charge in [-0.25, -0.2) is 0 Å². The number of rotatable bonds is 9. The molecule has 2 atom stereocenters. The van der Waals surface area contributed by atoms with Crippen molar-refractivity contribution in [2.45, 2.75) is 39.0 Å². The van der Waals surface area contributed by atoms with Crippen LogP contribution in [0.5, 0.6) is 5.75 Å². The molecule has 0 radical (unpaired) electrons. The van der Waals surface area contributed by atoms with E-state index in [0.717, 1.165) is 22.4 Å². The standard InChI is InChI=1S/C25H26ClN3O3/c1-17(20-7-11-23(12-8-20)32-16-19-4-3-13-27-15-19)28-25(31)14-24(29-18(2)30)21-5-9-22(26)10-6-21/h3-13,15,17,24H,14,16H2,1-2H3,(H,28,31)(H,29,30). The molecular weight excluding hydrogens is 426 g/mol. The maximum Gasteiger partial charge on any atom is 0.222 e. The lowest BCUT2D eigenvalue weighted by Gasteiger charge is -2.20. The van der Waals surface area contributed by atoms with E-state index in [4.69, 9.17) is 16.3 Å². The van der Waals surface area contributed by atoms with E-state index in [1.54, 1.807) is 24.5 Å². The maximum atomic E-state index is 12.7. The monoisotopic (exact) mass is 451 g/mol. The van der Waals surface area contributed by atoms with Crippen molar-refractivity contribution in [2.75, 3.05) is 0 Å². The molecule has 0 saturated carbocycles. The van der Waals surface area contributed by atoms with Crippen LogP contribution in [0.15, 0.2) is 73.1 Å². The molecule has 166 valence electrons. The molecule has 0 saturated heterocycles. The molecule has 0 fully saturated rings. The van der Waals surface area contributed by atoms with Gasteiger partial charge < -0.3 is 15.4 Å². The third-order valence-electron chi connectivity index (χ3n) is 4.93. The third-order valence-corrected chi connectivity index (χ3v) is 5.18. The van der Waals surface area contributed by atoms with Crippen molar-refractivity contribution >= 4 is 23.4 Å². The van der Waals surface area contributed by atoms with Gasteiger partial charge in [0.1, 0.15) is 12.4 Å². The zero-order valence-electron chi connectivity index (χ0n) is 18.0. The number of nitrogens with one attached hydrogen (secondary N) is 2. The molecule has 1 heterocycles. The molecule has 3 rings (SSSR count). The van der Waals surface area contributed by atoms with Crippen LogP contribution >= 0.6 is 11.6 Å². The molecule has 0 aliphatic heterocycles. The van der Waals surface area contributed by atoms with Crippen molar-refractivity contribution < 1.29 is 14.3 Å². The van der Waals surface area contributed by atoms with Gasteiger partial charge in [0.05, 0.1) is 18.5 Å². The topological polar surface area (TPSA) is 80.3 Å². The molecule has 1 aromatic heterocycles. The highest BCUT2D eigenvalue weighted by Gasteiger charge is 2.19. The Kier molecular flexibility index (Phi) is 8.22. The normalized spacial score (nSPS) is 12.5. The minimum absolute atomic E-state index is 0.123. The average molecular weight is 452 g/mol. The summed E-state index contributed by atoms with van der Waals surface area (Å²) < 4.78 is 5.78. The minimum atomic E-state index is -0.430. The molecule has 0 spiro atoms. The summed E-state index contributed by atoms with van der Waals surface area (Å²) >= 11 is 5.95. The Morgan fingerprint density at radius 2 is 1.69 bits per heavy atom. The molecule has 0 aliphatic rings. The van der Waals surface area contributed by atoms with Crippen LogP contribution in [0.3, 0.4) is 0 Å². The molecule has 32 heavy (non-hydrogen) atoms. The first-order valence-electron chi connectivity index (χ1n) is 10.3. The van der Waals surface area contributed by atoms with Gasteiger partial charge in [0.15, 0.2) is 0 Å².